The second-order valence-electron chi connectivity index (χ2n) is 4.76. The highest BCUT2D eigenvalue weighted by atomic mass is 16.6. The Hall–Kier alpha value is -0.770. The minimum atomic E-state index is -0.226. The van der Waals surface area contributed by atoms with Gasteiger partial charge >= 0.3 is 0 Å². The first kappa shape index (κ1) is 9.77. The van der Waals surface area contributed by atoms with Crippen molar-refractivity contribution in [3.05, 3.63) is 0 Å². The Morgan fingerprint density at radius 3 is 2.79 bits per heavy atom. The number of ether oxygens (including phenoxy) is 2. The van der Waals surface area contributed by atoms with Crippen molar-refractivity contribution in [3.63, 3.8) is 0 Å². The molecule has 0 spiro atoms. The highest BCUT2D eigenvalue weighted by Gasteiger charge is 2.48. The van der Waals surface area contributed by atoms with Crippen LogP contribution in [0.1, 0.15) is 27.2 Å². The van der Waals surface area contributed by atoms with Crippen molar-refractivity contribution in [1.29, 1.82) is 0 Å². The summed E-state index contributed by atoms with van der Waals surface area (Å²) in [7, 11) is 1.67. The summed E-state index contributed by atoms with van der Waals surface area (Å²) in [4.78, 5) is 6.67. The number of hydrogen-bond donors (Lipinski definition) is 0. The fourth-order valence-corrected chi connectivity index (χ4v) is 2.43. The molecular weight excluding hydrogens is 180 g/mol. The molecule has 4 nitrogen and oxygen atoms in total. The molecule has 1 fully saturated rings. The van der Waals surface area contributed by atoms with Crippen LogP contribution in [0.25, 0.3) is 0 Å². The van der Waals surface area contributed by atoms with Crippen LogP contribution in [0.5, 0.6) is 0 Å². The van der Waals surface area contributed by atoms with Crippen LogP contribution in [0.15, 0.2) is 4.99 Å². The van der Waals surface area contributed by atoms with Gasteiger partial charge in [0.15, 0.2) is 0 Å². The molecule has 80 valence electrons. The molecule has 0 saturated carbocycles. The standard InChI is InChI=1S/C10H18N2O2/c1-9(2)7-10(3)12(5-6-14-10)8(11-9)13-4/h5-7H2,1-4H3. The van der Waals surface area contributed by atoms with Crippen molar-refractivity contribution in [1.82, 2.24) is 4.90 Å². The SMILES string of the molecule is COC1=NC(C)(C)CC2(C)OCCN12. The van der Waals surface area contributed by atoms with E-state index < -0.39 is 0 Å². The maximum Gasteiger partial charge on any atom is 0.289 e. The zero-order chi connectivity index (χ0) is 10.4. The number of hydrogen-bond acceptors (Lipinski definition) is 4. The van der Waals surface area contributed by atoms with Gasteiger partial charge in [0.25, 0.3) is 6.02 Å². The fourth-order valence-electron chi connectivity index (χ4n) is 2.43. The Labute approximate surface area is 84.9 Å². The maximum absolute atomic E-state index is 5.78. The molecule has 1 unspecified atom stereocenters. The van der Waals surface area contributed by atoms with E-state index >= 15 is 0 Å². The molecule has 2 aliphatic rings. The molecule has 1 atom stereocenters. The van der Waals surface area contributed by atoms with Gasteiger partial charge in [-0.25, -0.2) is 4.99 Å². The van der Waals surface area contributed by atoms with Gasteiger partial charge in [-0.05, 0) is 20.8 Å². The monoisotopic (exact) mass is 198 g/mol. The summed E-state index contributed by atoms with van der Waals surface area (Å²) in [6.07, 6.45) is 0.910. The average molecular weight is 198 g/mol. The van der Waals surface area contributed by atoms with E-state index in [-0.39, 0.29) is 11.3 Å². The van der Waals surface area contributed by atoms with E-state index in [0.717, 1.165) is 19.6 Å². The lowest BCUT2D eigenvalue weighted by Gasteiger charge is -2.43. The van der Waals surface area contributed by atoms with Gasteiger partial charge < -0.3 is 9.47 Å². The van der Waals surface area contributed by atoms with Crippen molar-refractivity contribution < 1.29 is 9.47 Å². The number of fused-ring (bicyclic) bond motifs is 1. The van der Waals surface area contributed by atoms with Crippen molar-refractivity contribution in [2.75, 3.05) is 20.3 Å². The molecule has 2 heterocycles. The summed E-state index contributed by atoms with van der Waals surface area (Å²) in [5.41, 5.74) is -0.322. The normalized spacial score (nSPS) is 35.1. The lowest BCUT2D eigenvalue weighted by atomic mass is 9.92. The van der Waals surface area contributed by atoms with Crippen LogP contribution in [0, 0.1) is 0 Å². The van der Waals surface area contributed by atoms with E-state index in [9.17, 15) is 0 Å². The summed E-state index contributed by atoms with van der Waals surface area (Å²) >= 11 is 0. The molecule has 0 aromatic carbocycles. The van der Waals surface area contributed by atoms with Crippen molar-refractivity contribution in [2.45, 2.75) is 38.5 Å². The predicted octanol–water partition coefficient (Wildman–Crippen LogP) is 1.22. The zero-order valence-corrected chi connectivity index (χ0v) is 9.33. The Morgan fingerprint density at radius 2 is 2.14 bits per heavy atom. The quantitative estimate of drug-likeness (QED) is 0.587. The third-order valence-corrected chi connectivity index (χ3v) is 2.87. The minimum absolute atomic E-state index is 0.0963. The number of aliphatic imine (C=N–C) groups is 1. The molecule has 2 rings (SSSR count). The van der Waals surface area contributed by atoms with E-state index in [1.54, 1.807) is 7.11 Å². The first-order valence-electron chi connectivity index (χ1n) is 5.02. The third-order valence-electron chi connectivity index (χ3n) is 2.87. The van der Waals surface area contributed by atoms with Crippen LogP contribution in [0.4, 0.5) is 0 Å². The second kappa shape index (κ2) is 2.86. The van der Waals surface area contributed by atoms with Gasteiger partial charge in [0.05, 0.1) is 19.3 Å². The van der Waals surface area contributed by atoms with E-state index in [4.69, 9.17) is 9.47 Å². The molecule has 0 aromatic rings. The third kappa shape index (κ3) is 1.38. The molecule has 0 aromatic heterocycles. The molecular formula is C10H18N2O2. The highest BCUT2D eigenvalue weighted by molar-refractivity contribution is 5.76. The molecule has 14 heavy (non-hydrogen) atoms. The van der Waals surface area contributed by atoms with Crippen LogP contribution in [0.2, 0.25) is 0 Å². The molecule has 2 aliphatic heterocycles. The van der Waals surface area contributed by atoms with E-state index in [0.29, 0.717) is 6.02 Å². The van der Waals surface area contributed by atoms with Crippen molar-refractivity contribution >= 4 is 6.02 Å². The predicted molar refractivity (Wildman–Crippen MR) is 54.2 cm³/mol. The summed E-state index contributed by atoms with van der Waals surface area (Å²) in [5, 5.41) is 0. The molecule has 0 bridgehead atoms. The van der Waals surface area contributed by atoms with Gasteiger partial charge in [0, 0.05) is 13.0 Å². The van der Waals surface area contributed by atoms with Gasteiger partial charge in [-0.2, -0.15) is 0 Å². The van der Waals surface area contributed by atoms with Crippen LogP contribution in [-0.2, 0) is 9.47 Å². The Balaban J connectivity index is 2.36. The number of methoxy groups -OCH3 is 1. The van der Waals surface area contributed by atoms with Crippen LogP contribution >= 0.6 is 0 Å². The van der Waals surface area contributed by atoms with Gasteiger partial charge in [0.2, 0.25) is 0 Å². The topological polar surface area (TPSA) is 34.1 Å². The Bertz CT molecular complexity index is 275. The largest absolute Gasteiger partial charge is 0.468 e. The molecule has 1 saturated heterocycles. The lowest BCUT2D eigenvalue weighted by molar-refractivity contribution is -0.0725. The summed E-state index contributed by atoms with van der Waals surface area (Å²) in [5.74, 6) is 0. The molecule has 0 amide bonds. The Morgan fingerprint density at radius 1 is 1.43 bits per heavy atom. The first-order valence-corrected chi connectivity index (χ1v) is 5.02. The Kier molecular flexibility index (Phi) is 2.00. The average Bonchev–Trinajstić information content (AvgIpc) is 2.42. The summed E-state index contributed by atoms with van der Waals surface area (Å²) in [6.45, 7) is 7.95. The summed E-state index contributed by atoms with van der Waals surface area (Å²) in [6, 6.07) is 0.709. The van der Waals surface area contributed by atoms with Crippen LogP contribution < -0.4 is 0 Å². The van der Waals surface area contributed by atoms with Crippen molar-refractivity contribution in [2.24, 2.45) is 4.99 Å². The number of amidine groups is 1. The molecule has 4 heteroatoms. The highest BCUT2D eigenvalue weighted by Crippen LogP contribution is 2.37. The number of rotatable bonds is 0. The summed E-state index contributed by atoms with van der Waals surface area (Å²) < 4.78 is 11.1. The van der Waals surface area contributed by atoms with Crippen molar-refractivity contribution in [3.8, 4) is 0 Å². The number of nitrogens with zero attached hydrogens (tertiary/aromatic N) is 2. The van der Waals surface area contributed by atoms with E-state index in [1.807, 2.05) is 0 Å². The molecule has 0 aliphatic carbocycles. The van der Waals surface area contributed by atoms with Gasteiger partial charge in [-0.1, -0.05) is 0 Å². The van der Waals surface area contributed by atoms with Gasteiger partial charge in [-0.15, -0.1) is 0 Å². The van der Waals surface area contributed by atoms with E-state index in [1.165, 1.54) is 0 Å². The fraction of sp³-hybridized carbons (Fsp3) is 0.900. The molecule has 0 N–H and O–H groups in total. The molecule has 0 radical (unpaired) electrons. The maximum atomic E-state index is 5.78. The van der Waals surface area contributed by atoms with Gasteiger partial charge in [0.1, 0.15) is 5.72 Å². The van der Waals surface area contributed by atoms with Crippen LogP contribution in [-0.4, -0.2) is 42.4 Å². The smallest absolute Gasteiger partial charge is 0.289 e. The second-order valence-corrected chi connectivity index (χ2v) is 4.76. The zero-order valence-electron chi connectivity index (χ0n) is 9.33. The van der Waals surface area contributed by atoms with Gasteiger partial charge in [-0.3, -0.25) is 4.90 Å². The minimum Gasteiger partial charge on any atom is -0.468 e. The lowest BCUT2D eigenvalue weighted by Crippen LogP contribution is -2.54. The van der Waals surface area contributed by atoms with Crippen LogP contribution in [0.3, 0.4) is 0 Å². The first-order chi connectivity index (χ1) is 6.47. The van der Waals surface area contributed by atoms with E-state index in [2.05, 4.69) is 30.7 Å².